The van der Waals surface area contributed by atoms with Crippen LogP contribution in [-0.4, -0.2) is 44.2 Å². The van der Waals surface area contributed by atoms with E-state index in [1.807, 2.05) is 6.07 Å². The Balaban J connectivity index is 1.51. The van der Waals surface area contributed by atoms with Gasteiger partial charge in [0.1, 0.15) is 0 Å². The van der Waals surface area contributed by atoms with Gasteiger partial charge in [-0.15, -0.1) is 0 Å². The highest BCUT2D eigenvalue weighted by molar-refractivity contribution is 6.11. The van der Waals surface area contributed by atoms with Crippen LogP contribution in [0.15, 0.2) is 72.8 Å². The third-order valence-corrected chi connectivity index (χ3v) is 5.65. The number of anilines is 2. The molecule has 0 saturated carbocycles. The van der Waals surface area contributed by atoms with Crippen LogP contribution in [0.3, 0.4) is 0 Å². The number of benzene rings is 3. The van der Waals surface area contributed by atoms with Crippen LogP contribution in [0.25, 0.3) is 0 Å². The number of hydrogen-bond donors (Lipinski definition) is 6. The predicted molar refractivity (Wildman–Crippen MR) is 138 cm³/mol. The van der Waals surface area contributed by atoms with Gasteiger partial charge in [0.05, 0.1) is 22.3 Å². The molecule has 2 amide bonds. The number of rotatable bonds is 9. The van der Waals surface area contributed by atoms with Gasteiger partial charge in [-0.2, -0.15) is 5.10 Å². The number of aromatic nitrogens is 2. The van der Waals surface area contributed by atoms with E-state index in [2.05, 4.69) is 20.8 Å². The first-order chi connectivity index (χ1) is 18.2. The van der Waals surface area contributed by atoms with Crippen LogP contribution >= 0.6 is 0 Å². The average Bonchev–Trinajstić information content (AvgIpc) is 3.34. The molecular weight excluding hydrogens is 490 g/mol. The Kier molecular flexibility index (Phi) is 7.59. The molecule has 0 aliphatic rings. The van der Waals surface area contributed by atoms with Gasteiger partial charge < -0.3 is 26.6 Å². The number of carbonyl (C=O) groups excluding carboxylic acids is 2. The monoisotopic (exact) mass is 513 g/mol. The SMILES string of the molecule is NCc1cccc(NC(=O)c2cc(Cc3cc(NC(=O)c4ccccc4C(=O)O)n[nH]3)ccc2C(=O)O)c1. The van der Waals surface area contributed by atoms with Crippen LogP contribution in [0.1, 0.15) is 58.3 Å². The van der Waals surface area contributed by atoms with Crippen molar-refractivity contribution in [1.29, 1.82) is 0 Å². The number of nitrogens with zero attached hydrogens (tertiary/aromatic N) is 1. The van der Waals surface area contributed by atoms with Gasteiger partial charge >= 0.3 is 11.9 Å². The van der Waals surface area contributed by atoms with Crippen molar-refractivity contribution >= 4 is 35.3 Å². The quantitative estimate of drug-likeness (QED) is 0.196. The molecule has 1 heterocycles. The largest absolute Gasteiger partial charge is 0.478 e. The molecule has 0 bridgehead atoms. The third-order valence-electron chi connectivity index (χ3n) is 5.65. The maximum absolute atomic E-state index is 13.0. The average molecular weight is 514 g/mol. The highest BCUT2D eigenvalue weighted by atomic mass is 16.4. The van der Waals surface area contributed by atoms with Gasteiger partial charge in [0.2, 0.25) is 0 Å². The van der Waals surface area contributed by atoms with E-state index < -0.39 is 23.8 Å². The first-order valence-corrected chi connectivity index (χ1v) is 11.4. The first kappa shape index (κ1) is 25.8. The van der Waals surface area contributed by atoms with Gasteiger partial charge in [0.25, 0.3) is 11.8 Å². The van der Waals surface area contributed by atoms with E-state index in [1.54, 1.807) is 36.4 Å². The lowest BCUT2D eigenvalue weighted by Crippen LogP contribution is -2.17. The Morgan fingerprint density at radius 3 is 2.13 bits per heavy atom. The lowest BCUT2D eigenvalue weighted by Gasteiger charge is -2.11. The van der Waals surface area contributed by atoms with Crippen LogP contribution in [0.5, 0.6) is 0 Å². The van der Waals surface area contributed by atoms with Crippen molar-refractivity contribution in [1.82, 2.24) is 10.2 Å². The number of carbonyl (C=O) groups is 4. The lowest BCUT2D eigenvalue weighted by atomic mass is 10.0. The molecule has 11 nitrogen and oxygen atoms in total. The minimum atomic E-state index is -1.24. The fraction of sp³-hybridized carbons (Fsp3) is 0.0741. The van der Waals surface area contributed by atoms with Crippen molar-refractivity contribution < 1.29 is 29.4 Å². The standard InChI is InChI=1S/C27H23N5O6/c28-14-16-4-3-5-17(11-16)29-25(34)22-12-15(8-9-21(22)27(37)38)10-18-13-23(32-31-18)30-24(33)19-6-1-2-7-20(19)26(35)36/h1-9,11-13H,10,14,28H2,(H,29,34)(H,35,36)(H,37,38)(H2,30,31,32,33). The molecule has 1 aromatic heterocycles. The molecule has 4 aromatic rings. The van der Waals surface area contributed by atoms with Gasteiger partial charge in [-0.3, -0.25) is 14.7 Å². The van der Waals surface area contributed by atoms with Gasteiger partial charge in [-0.1, -0.05) is 30.3 Å². The number of amides is 2. The van der Waals surface area contributed by atoms with Crippen LogP contribution in [0.4, 0.5) is 11.5 Å². The minimum absolute atomic E-state index is 0.0125. The highest BCUT2D eigenvalue weighted by Crippen LogP contribution is 2.20. The molecule has 38 heavy (non-hydrogen) atoms. The van der Waals surface area contributed by atoms with Crippen molar-refractivity contribution in [2.24, 2.45) is 5.73 Å². The summed E-state index contributed by atoms with van der Waals surface area (Å²) in [7, 11) is 0. The summed E-state index contributed by atoms with van der Waals surface area (Å²) in [6, 6.07) is 18.7. The summed E-state index contributed by atoms with van der Waals surface area (Å²) < 4.78 is 0. The van der Waals surface area contributed by atoms with Gasteiger partial charge in [-0.05, 0) is 47.5 Å². The summed E-state index contributed by atoms with van der Waals surface area (Å²) in [4.78, 5) is 48.7. The second kappa shape index (κ2) is 11.2. The van der Waals surface area contributed by atoms with Gasteiger partial charge in [0, 0.05) is 30.4 Å². The fourth-order valence-corrected chi connectivity index (χ4v) is 3.84. The van der Waals surface area contributed by atoms with Crippen LogP contribution < -0.4 is 16.4 Å². The molecule has 0 radical (unpaired) electrons. The molecule has 11 heteroatoms. The Hall–Kier alpha value is -5.29. The summed E-state index contributed by atoms with van der Waals surface area (Å²) in [5.74, 6) is -3.52. The second-order valence-corrected chi connectivity index (χ2v) is 8.30. The third kappa shape index (κ3) is 5.91. The lowest BCUT2D eigenvalue weighted by molar-refractivity contribution is 0.0683. The second-order valence-electron chi connectivity index (χ2n) is 8.30. The summed E-state index contributed by atoms with van der Waals surface area (Å²) in [5, 5.41) is 31.0. The normalized spacial score (nSPS) is 10.6. The molecule has 7 N–H and O–H groups in total. The topological polar surface area (TPSA) is 187 Å². The van der Waals surface area contributed by atoms with E-state index in [0.717, 1.165) is 5.56 Å². The molecule has 0 spiro atoms. The van der Waals surface area contributed by atoms with Crippen molar-refractivity contribution in [3.8, 4) is 0 Å². The summed E-state index contributed by atoms with van der Waals surface area (Å²) >= 11 is 0. The predicted octanol–water partition coefficient (Wildman–Crippen LogP) is 3.36. The van der Waals surface area contributed by atoms with Gasteiger partial charge in [-0.25, -0.2) is 9.59 Å². The highest BCUT2D eigenvalue weighted by Gasteiger charge is 2.19. The van der Waals surface area contributed by atoms with Crippen molar-refractivity contribution in [2.45, 2.75) is 13.0 Å². The number of nitrogens with one attached hydrogen (secondary N) is 3. The van der Waals surface area contributed by atoms with E-state index in [0.29, 0.717) is 16.9 Å². The van der Waals surface area contributed by atoms with Gasteiger partial charge in [0.15, 0.2) is 5.82 Å². The Morgan fingerprint density at radius 1 is 0.737 bits per heavy atom. The molecule has 0 fully saturated rings. The number of nitrogens with two attached hydrogens (primary N) is 1. The van der Waals surface area contributed by atoms with E-state index in [1.165, 1.54) is 30.3 Å². The van der Waals surface area contributed by atoms with E-state index in [-0.39, 0.29) is 41.0 Å². The van der Waals surface area contributed by atoms with Crippen molar-refractivity contribution in [2.75, 3.05) is 10.6 Å². The summed E-state index contributed by atoms with van der Waals surface area (Å²) in [6.45, 7) is 0.290. The van der Waals surface area contributed by atoms with E-state index in [9.17, 15) is 29.4 Å². The number of carboxylic acid groups (broad SMARTS) is 2. The smallest absolute Gasteiger partial charge is 0.336 e. The molecule has 4 rings (SSSR count). The van der Waals surface area contributed by atoms with Crippen LogP contribution in [0, 0.1) is 0 Å². The molecule has 0 aliphatic heterocycles. The molecule has 0 atom stereocenters. The van der Waals surface area contributed by atoms with Crippen molar-refractivity contribution in [3.63, 3.8) is 0 Å². The Labute approximate surface area is 216 Å². The summed E-state index contributed by atoms with van der Waals surface area (Å²) in [5.41, 5.74) is 7.80. The number of hydrogen-bond acceptors (Lipinski definition) is 6. The molecule has 0 saturated heterocycles. The van der Waals surface area contributed by atoms with E-state index in [4.69, 9.17) is 5.73 Å². The Bertz CT molecular complexity index is 1540. The zero-order chi connectivity index (χ0) is 27.2. The molecule has 0 unspecified atom stereocenters. The molecule has 192 valence electrons. The molecule has 0 aliphatic carbocycles. The number of aromatic amines is 1. The maximum atomic E-state index is 13.0. The maximum Gasteiger partial charge on any atom is 0.336 e. The zero-order valence-electron chi connectivity index (χ0n) is 19.9. The fourth-order valence-electron chi connectivity index (χ4n) is 3.84. The van der Waals surface area contributed by atoms with Crippen molar-refractivity contribution in [3.05, 3.63) is 112 Å². The minimum Gasteiger partial charge on any atom is -0.478 e. The molecule has 3 aromatic carbocycles. The molecular formula is C27H23N5O6. The summed E-state index contributed by atoms with van der Waals surface area (Å²) in [6.07, 6.45) is 0.247. The number of H-pyrrole nitrogens is 1. The van der Waals surface area contributed by atoms with E-state index >= 15 is 0 Å². The van der Waals surface area contributed by atoms with Crippen LogP contribution in [0.2, 0.25) is 0 Å². The Morgan fingerprint density at radius 2 is 1.42 bits per heavy atom. The first-order valence-electron chi connectivity index (χ1n) is 11.4. The zero-order valence-corrected chi connectivity index (χ0v) is 19.9. The number of carboxylic acids is 2. The van der Waals surface area contributed by atoms with Crippen LogP contribution in [-0.2, 0) is 13.0 Å². The number of aromatic carboxylic acids is 2.